The molecule has 1 heterocycles. The highest BCUT2D eigenvalue weighted by Crippen LogP contribution is 2.26. The minimum absolute atomic E-state index is 0.112. The van der Waals surface area contributed by atoms with Crippen LogP contribution in [0.5, 0.6) is 0 Å². The van der Waals surface area contributed by atoms with E-state index in [9.17, 15) is 13.2 Å². The fourth-order valence-corrected chi connectivity index (χ4v) is 5.82. The van der Waals surface area contributed by atoms with E-state index in [1.807, 2.05) is 6.92 Å². The summed E-state index contributed by atoms with van der Waals surface area (Å²) < 4.78 is 32.5. The van der Waals surface area contributed by atoms with Crippen LogP contribution in [0, 0.1) is 0 Å². The molecule has 1 N–H and O–H groups in total. The Bertz CT molecular complexity index is 1050. The Morgan fingerprint density at radius 1 is 1.06 bits per heavy atom. The molecule has 31 heavy (non-hydrogen) atoms. The predicted octanol–water partition coefficient (Wildman–Crippen LogP) is 3.47. The third kappa shape index (κ3) is 4.84. The van der Waals surface area contributed by atoms with Crippen LogP contribution in [0.2, 0.25) is 0 Å². The Labute approximate surface area is 184 Å². The fraction of sp³-hybridized carbons (Fsp3) is 0.458. The Hall–Kier alpha value is -2.22. The van der Waals surface area contributed by atoms with Gasteiger partial charge < -0.3 is 10.1 Å². The third-order valence-electron chi connectivity index (χ3n) is 6.19. The maximum absolute atomic E-state index is 13.0. The third-order valence-corrected chi connectivity index (χ3v) is 8.09. The summed E-state index contributed by atoms with van der Waals surface area (Å²) in [4.78, 5) is 13.1. The molecule has 1 saturated heterocycles. The number of ether oxygens (including phenoxy) is 1. The first-order chi connectivity index (χ1) is 15.0. The summed E-state index contributed by atoms with van der Waals surface area (Å²) in [6.45, 7) is 3.48. The number of benzene rings is 2. The molecule has 4 rings (SSSR count). The van der Waals surface area contributed by atoms with Gasteiger partial charge in [-0.2, -0.15) is 4.31 Å². The summed E-state index contributed by atoms with van der Waals surface area (Å²) in [5, 5.41) is 3.10. The van der Waals surface area contributed by atoms with Crippen LogP contribution < -0.4 is 5.32 Å². The van der Waals surface area contributed by atoms with Gasteiger partial charge in [0.1, 0.15) is 0 Å². The summed E-state index contributed by atoms with van der Waals surface area (Å²) in [5.74, 6) is -0.261. The molecule has 0 saturated carbocycles. The zero-order valence-electron chi connectivity index (χ0n) is 18.0. The molecule has 2 aliphatic rings. The first-order valence-corrected chi connectivity index (χ1v) is 12.5. The van der Waals surface area contributed by atoms with Crippen LogP contribution in [0.15, 0.2) is 47.4 Å². The Morgan fingerprint density at radius 3 is 2.55 bits per heavy atom. The number of aryl methyl sites for hydroxylation is 2. The molecule has 0 unspecified atom stereocenters. The predicted molar refractivity (Wildman–Crippen MR) is 120 cm³/mol. The monoisotopic (exact) mass is 442 g/mol. The second-order valence-electron chi connectivity index (χ2n) is 8.21. The number of morpholine rings is 1. The number of nitrogens with zero attached hydrogens (tertiary/aromatic N) is 1. The Balaban J connectivity index is 1.52. The quantitative estimate of drug-likeness (QED) is 0.743. The van der Waals surface area contributed by atoms with Gasteiger partial charge in [0.25, 0.3) is 5.91 Å². The van der Waals surface area contributed by atoms with Gasteiger partial charge in [-0.1, -0.05) is 31.2 Å². The van der Waals surface area contributed by atoms with Crippen molar-refractivity contribution in [2.24, 2.45) is 0 Å². The van der Waals surface area contributed by atoms with Crippen molar-refractivity contribution in [2.45, 2.75) is 50.0 Å². The van der Waals surface area contributed by atoms with E-state index in [4.69, 9.17) is 4.74 Å². The summed E-state index contributed by atoms with van der Waals surface area (Å²) in [7, 11) is -3.64. The number of fused-ring (bicyclic) bond motifs is 1. The van der Waals surface area contributed by atoms with Gasteiger partial charge in [0.15, 0.2) is 0 Å². The molecular formula is C24H30N2O4S. The summed E-state index contributed by atoms with van der Waals surface area (Å²) in [6.07, 6.45) is 5.43. The van der Waals surface area contributed by atoms with Crippen molar-refractivity contribution in [1.82, 2.24) is 9.62 Å². The number of sulfonamides is 1. The van der Waals surface area contributed by atoms with Gasteiger partial charge in [-0.3, -0.25) is 4.79 Å². The van der Waals surface area contributed by atoms with E-state index in [2.05, 4.69) is 23.5 Å². The number of nitrogens with one attached hydrogen (secondary N) is 1. The van der Waals surface area contributed by atoms with Crippen molar-refractivity contribution >= 4 is 15.9 Å². The highest BCUT2D eigenvalue weighted by molar-refractivity contribution is 7.89. The van der Waals surface area contributed by atoms with Crippen molar-refractivity contribution < 1.29 is 17.9 Å². The Morgan fingerprint density at radius 2 is 1.81 bits per heavy atom. The first-order valence-electron chi connectivity index (χ1n) is 11.1. The molecule has 0 bridgehead atoms. The van der Waals surface area contributed by atoms with Gasteiger partial charge in [-0.15, -0.1) is 0 Å². The normalized spacial score (nSPS) is 18.2. The molecule has 1 aliphatic heterocycles. The Kier molecular flexibility index (Phi) is 6.74. The van der Waals surface area contributed by atoms with E-state index in [0.717, 1.165) is 24.8 Å². The van der Waals surface area contributed by atoms with Crippen LogP contribution in [0.1, 0.15) is 59.3 Å². The lowest BCUT2D eigenvalue weighted by molar-refractivity contribution is 0.0730. The molecule has 2 aromatic rings. The van der Waals surface area contributed by atoms with E-state index in [1.165, 1.54) is 34.3 Å². The van der Waals surface area contributed by atoms with Gasteiger partial charge in [0.2, 0.25) is 10.0 Å². The molecule has 0 radical (unpaired) electrons. The second-order valence-corrected chi connectivity index (χ2v) is 10.2. The van der Waals surface area contributed by atoms with Gasteiger partial charge >= 0.3 is 0 Å². The van der Waals surface area contributed by atoms with E-state index >= 15 is 0 Å². The lowest BCUT2D eigenvalue weighted by Gasteiger charge is -2.26. The van der Waals surface area contributed by atoms with E-state index in [-0.39, 0.29) is 16.8 Å². The van der Waals surface area contributed by atoms with Gasteiger partial charge in [0.05, 0.1) is 24.2 Å². The van der Waals surface area contributed by atoms with E-state index < -0.39 is 10.0 Å². The van der Waals surface area contributed by atoms with Crippen LogP contribution in [0.25, 0.3) is 0 Å². The molecule has 166 valence electrons. The number of hydrogen-bond donors (Lipinski definition) is 1. The van der Waals surface area contributed by atoms with Gasteiger partial charge in [-0.05, 0) is 67.0 Å². The van der Waals surface area contributed by atoms with Crippen LogP contribution >= 0.6 is 0 Å². The average molecular weight is 443 g/mol. The molecule has 0 aromatic heterocycles. The highest BCUT2D eigenvalue weighted by atomic mass is 32.2. The number of amides is 1. The van der Waals surface area contributed by atoms with Crippen molar-refractivity contribution in [3.8, 4) is 0 Å². The van der Waals surface area contributed by atoms with Gasteiger partial charge in [0, 0.05) is 18.7 Å². The maximum Gasteiger partial charge on any atom is 0.251 e. The molecule has 1 aliphatic carbocycles. The minimum Gasteiger partial charge on any atom is -0.379 e. The lowest BCUT2D eigenvalue weighted by Crippen LogP contribution is -2.40. The molecule has 1 amide bonds. The van der Waals surface area contributed by atoms with Crippen LogP contribution in [0.3, 0.4) is 0 Å². The number of rotatable bonds is 6. The highest BCUT2D eigenvalue weighted by Gasteiger charge is 2.27. The molecule has 2 aromatic carbocycles. The lowest BCUT2D eigenvalue weighted by atomic mass is 9.88. The molecule has 7 heteroatoms. The molecule has 1 atom stereocenters. The summed E-state index contributed by atoms with van der Waals surface area (Å²) in [6, 6.07) is 12.7. The second kappa shape index (κ2) is 9.51. The zero-order valence-corrected chi connectivity index (χ0v) is 18.8. The van der Waals surface area contributed by atoms with E-state index in [0.29, 0.717) is 31.9 Å². The topological polar surface area (TPSA) is 75.7 Å². The number of hydrogen-bond acceptors (Lipinski definition) is 4. The van der Waals surface area contributed by atoms with Crippen molar-refractivity contribution in [3.63, 3.8) is 0 Å². The van der Waals surface area contributed by atoms with Crippen molar-refractivity contribution in [2.75, 3.05) is 26.3 Å². The number of carbonyl (C=O) groups excluding carboxylic acids is 1. The fourth-order valence-electron chi connectivity index (χ4n) is 4.37. The van der Waals surface area contributed by atoms with Gasteiger partial charge in [-0.25, -0.2) is 8.42 Å². The zero-order chi connectivity index (χ0) is 21.8. The molecule has 0 spiro atoms. The molecule has 6 nitrogen and oxygen atoms in total. The minimum atomic E-state index is -3.64. The van der Waals surface area contributed by atoms with Crippen LogP contribution in [-0.4, -0.2) is 44.9 Å². The summed E-state index contributed by atoms with van der Waals surface area (Å²) in [5.41, 5.74) is 4.26. The van der Waals surface area contributed by atoms with Crippen LogP contribution in [-0.2, 0) is 27.6 Å². The smallest absolute Gasteiger partial charge is 0.251 e. The molecule has 1 fully saturated rings. The summed E-state index contributed by atoms with van der Waals surface area (Å²) >= 11 is 0. The average Bonchev–Trinajstić information content (AvgIpc) is 2.82. The number of carbonyl (C=O) groups is 1. The van der Waals surface area contributed by atoms with Crippen molar-refractivity contribution in [1.29, 1.82) is 0 Å². The van der Waals surface area contributed by atoms with E-state index in [1.54, 1.807) is 18.2 Å². The standard InChI is InChI=1S/C24H30N2O4S/c1-2-23(20-11-10-18-6-3-4-7-19(18)16-20)25-24(27)21-8-5-9-22(17-21)31(28,29)26-12-14-30-15-13-26/h5,8-11,16-17,23H,2-4,6-7,12-15H2,1H3,(H,25,27)/t23-/m1/s1. The molecular weight excluding hydrogens is 412 g/mol. The van der Waals surface area contributed by atoms with Crippen molar-refractivity contribution in [3.05, 3.63) is 64.7 Å². The largest absolute Gasteiger partial charge is 0.379 e. The SMILES string of the molecule is CC[C@@H](NC(=O)c1cccc(S(=O)(=O)N2CCOCC2)c1)c1ccc2c(c1)CCCC2. The first kappa shape index (κ1) is 22.0. The maximum atomic E-state index is 13.0. The van der Waals surface area contributed by atoms with Crippen LogP contribution in [0.4, 0.5) is 0 Å².